The normalized spacial score (nSPS) is 41.2. The van der Waals surface area contributed by atoms with Crippen molar-refractivity contribution in [2.75, 3.05) is 0 Å². The molecule has 0 amide bonds. The van der Waals surface area contributed by atoms with Crippen LogP contribution in [0.2, 0.25) is 0 Å². The number of hydrogen-bond donors (Lipinski definition) is 0. The lowest BCUT2D eigenvalue weighted by atomic mass is 9.77. The van der Waals surface area contributed by atoms with Crippen LogP contribution in [0.25, 0.3) is 0 Å². The standard InChI is InChI=1S/C12H20O3/c1-7(2)12-14-9-6-4-5-8(3)10(9)11(13)15-12/h7-10,12H,4-6H2,1-3H3. The Bertz CT molecular complexity index is 249. The van der Waals surface area contributed by atoms with Crippen LogP contribution in [0.3, 0.4) is 0 Å². The number of carbonyl (C=O) groups excluding carboxylic acids is 1. The average molecular weight is 212 g/mol. The van der Waals surface area contributed by atoms with E-state index in [-0.39, 0.29) is 30.2 Å². The van der Waals surface area contributed by atoms with E-state index in [9.17, 15) is 4.79 Å². The van der Waals surface area contributed by atoms with Crippen LogP contribution in [-0.2, 0) is 14.3 Å². The van der Waals surface area contributed by atoms with Gasteiger partial charge in [-0.05, 0) is 18.8 Å². The van der Waals surface area contributed by atoms with Gasteiger partial charge >= 0.3 is 5.97 Å². The lowest BCUT2D eigenvalue weighted by Gasteiger charge is -2.42. The van der Waals surface area contributed by atoms with E-state index in [1.165, 1.54) is 6.42 Å². The summed E-state index contributed by atoms with van der Waals surface area (Å²) in [6.07, 6.45) is 3.06. The number of carbonyl (C=O) groups is 1. The Morgan fingerprint density at radius 1 is 1.33 bits per heavy atom. The van der Waals surface area contributed by atoms with Crippen molar-refractivity contribution in [1.29, 1.82) is 0 Å². The molecule has 2 fully saturated rings. The molecular formula is C12H20O3. The third-order valence-corrected chi connectivity index (χ3v) is 3.52. The van der Waals surface area contributed by atoms with Crippen LogP contribution in [-0.4, -0.2) is 18.4 Å². The quantitative estimate of drug-likeness (QED) is 0.626. The first kappa shape index (κ1) is 10.9. The lowest BCUT2D eigenvalue weighted by Crippen LogP contribution is -2.49. The predicted octanol–water partition coefficient (Wildman–Crippen LogP) is 2.35. The zero-order chi connectivity index (χ0) is 11.0. The number of rotatable bonds is 1. The van der Waals surface area contributed by atoms with E-state index in [4.69, 9.17) is 9.47 Å². The van der Waals surface area contributed by atoms with Gasteiger partial charge in [0.1, 0.15) is 0 Å². The molecule has 1 aliphatic heterocycles. The summed E-state index contributed by atoms with van der Waals surface area (Å²) in [4.78, 5) is 11.9. The molecule has 0 bridgehead atoms. The third-order valence-electron chi connectivity index (χ3n) is 3.52. The van der Waals surface area contributed by atoms with Crippen LogP contribution in [0.15, 0.2) is 0 Å². The first-order valence-electron chi connectivity index (χ1n) is 5.95. The molecule has 3 nitrogen and oxygen atoms in total. The average Bonchev–Trinajstić information content (AvgIpc) is 2.17. The molecule has 15 heavy (non-hydrogen) atoms. The van der Waals surface area contributed by atoms with E-state index in [0.717, 1.165) is 12.8 Å². The Balaban J connectivity index is 2.09. The minimum Gasteiger partial charge on any atom is -0.435 e. The summed E-state index contributed by atoms with van der Waals surface area (Å²) in [6, 6.07) is 0. The van der Waals surface area contributed by atoms with E-state index < -0.39 is 0 Å². The second-order valence-corrected chi connectivity index (χ2v) is 5.16. The van der Waals surface area contributed by atoms with Crippen molar-refractivity contribution < 1.29 is 14.3 Å². The summed E-state index contributed by atoms with van der Waals surface area (Å²) < 4.78 is 11.2. The van der Waals surface area contributed by atoms with Gasteiger partial charge in [-0.2, -0.15) is 0 Å². The van der Waals surface area contributed by atoms with Crippen molar-refractivity contribution in [2.24, 2.45) is 17.8 Å². The number of cyclic esters (lactones) is 1. The molecule has 0 spiro atoms. The summed E-state index contributed by atoms with van der Waals surface area (Å²) in [6.45, 7) is 6.16. The van der Waals surface area contributed by atoms with E-state index in [2.05, 4.69) is 6.92 Å². The molecule has 4 atom stereocenters. The Labute approximate surface area is 91.1 Å². The molecule has 0 radical (unpaired) electrons. The minimum absolute atomic E-state index is 0.0197. The highest BCUT2D eigenvalue weighted by Crippen LogP contribution is 2.37. The molecule has 0 aromatic heterocycles. The van der Waals surface area contributed by atoms with E-state index >= 15 is 0 Å². The van der Waals surface area contributed by atoms with Gasteiger partial charge < -0.3 is 9.47 Å². The fraction of sp³-hybridized carbons (Fsp3) is 0.917. The van der Waals surface area contributed by atoms with Crippen LogP contribution < -0.4 is 0 Å². The lowest BCUT2D eigenvalue weighted by molar-refractivity contribution is -0.251. The first-order chi connectivity index (χ1) is 7.09. The maximum atomic E-state index is 11.9. The molecule has 1 saturated heterocycles. The Morgan fingerprint density at radius 2 is 2.07 bits per heavy atom. The predicted molar refractivity (Wildman–Crippen MR) is 56.1 cm³/mol. The summed E-state index contributed by atoms with van der Waals surface area (Å²) in [5.41, 5.74) is 0. The maximum absolute atomic E-state index is 11.9. The van der Waals surface area contributed by atoms with Gasteiger partial charge in [0.25, 0.3) is 0 Å². The van der Waals surface area contributed by atoms with Crippen molar-refractivity contribution in [3.8, 4) is 0 Å². The molecule has 86 valence electrons. The van der Waals surface area contributed by atoms with Crippen molar-refractivity contribution in [3.05, 3.63) is 0 Å². The van der Waals surface area contributed by atoms with Crippen LogP contribution in [0, 0.1) is 17.8 Å². The van der Waals surface area contributed by atoms with Gasteiger partial charge in [0.2, 0.25) is 6.29 Å². The number of ether oxygens (including phenoxy) is 2. The molecule has 0 aromatic carbocycles. The highest BCUT2D eigenvalue weighted by atomic mass is 16.7. The molecule has 2 aliphatic rings. The van der Waals surface area contributed by atoms with Crippen molar-refractivity contribution in [3.63, 3.8) is 0 Å². The molecule has 1 aliphatic carbocycles. The Kier molecular flexibility index (Phi) is 3.01. The SMILES string of the molecule is CC(C)C1OC(=O)C2C(C)CCCC2O1. The zero-order valence-electron chi connectivity index (χ0n) is 9.73. The van der Waals surface area contributed by atoms with E-state index in [1.807, 2.05) is 13.8 Å². The molecule has 0 N–H and O–H groups in total. The minimum atomic E-state index is -0.330. The van der Waals surface area contributed by atoms with Gasteiger partial charge in [-0.15, -0.1) is 0 Å². The van der Waals surface area contributed by atoms with Crippen LogP contribution in [0.4, 0.5) is 0 Å². The maximum Gasteiger partial charge on any atom is 0.314 e. The van der Waals surface area contributed by atoms with Gasteiger partial charge in [0.05, 0.1) is 12.0 Å². The Morgan fingerprint density at radius 3 is 2.73 bits per heavy atom. The van der Waals surface area contributed by atoms with Crippen LogP contribution >= 0.6 is 0 Å². The van der Waals surface area contributed by atoms with Gasteiger partial charge in [-0.25, -0.2) is 0 Å². The highest BCUT2D eigenvalue weighted by molar-refractivity contribution is 5.74. The van der Waals surface area contributed by atoms with E-state index in [1.54, 1.807) is 0 Å². The Hall–Kier alpha value is -0.570. The number of esters is 1. The van der Waals surface area contributed by atoms with Gasteiger partial charge in [-0.3, -0.25) is 4.79 Å². The molecule has 4 unspecified atom stereocenters. The summed E-state index contributed by atoms with van der Waals surface area (Å²) in [5.74, 6) is 0.586. The third kappa shape index (κ3) is 2.03. The fourth-order valence-electron chi connectivity index (χ4n) is 2.59. The fourth-order valence-corrected chi connectivity index (χ4v) is 2.59. The van der Waals surface area contributed by atoms with Gasteiger partial charge in [0, 0.05) is 5.92 Å². The van der Waals surface area contributed by atoms with Crippen molar-refractivity contribution in [2.45, 2.75) is 52.4 Å². The van der Waals surface area contributed by atoms with Gasteiger partial charge in [0.15, 0.2) is 0 Å². The van der Waals surface area contributed by atoms with Crippen molar-refractivity contribution >= 4 is 5.97 Å². The molecule has 0 aromatic rings. The van der Waals surface area contributed by atoms with Gasteiger partial charge in [-0.1, -0.05) is 27.2 Å². The first-order valence-corrected chi connectivity index (χ1v) is 5.95. The second kappa shape index (κ2) is 4.12. The summed E-state index contributed by atoms with van der Waals surface area (Å²) >= 11 is 0. The highest BCUT2D eigenvalue weighted by Gasteiger charge is 2.44. The van der Waals surface area contributed by atoms with E-state index in [0.29, 0.717) is 5.92 Å². The van der Waals surface area contributed by atoms with Crippen LogP contribution in [0.5, 0.6) is 0 Å². The smallest absolute Gasteiger partial charge is 0.314 e. The summed E-state index contributed by atoms with van der Waals surface area (Å²) in [5, 5.41) is 0. The van der Waals surface area contributed by atoms with Crippen LogP contribution in [0.1, 0.15) is 40.0 Å². The molecule has 1 heterocycles. The number of fused-ring (bicyclic) bond motifs is 1. The monoisotopic (exact) mass is 212 g/mol. The molecule has 3 heteroatoms. The molecule has 1 saturated carbocycles. The second-order valence-electron chi connectivity index (χ2n) is 5.16. The largest absolute Gasteiger partial charge is 0.435 e. The van der Waals surface area contributed by atoms with Crippen molar-refractivity contribution in [1.82, 2.24) is 0 Å². The number of hydrogen-bond acceptors (Lipinski definition) is 3. The molecular weight excluding hydrogens is 192 g/mol. The zero-order valence-corrected chi connectivity index (χ0v) is 9.73. The molecule has 2 rings (SSSR count). The topological polar surface area (TPSA) is 35.5 Å². The summed E-state index contributed by atoms with van der Waals surface area (Å²) in [7, 11) is 0.